The van der Waals surface area contributed by atoms with Crippen molar-refractivity contribution in [3.05, 3.63) is 0 Å². The molecule has 0 unspecified atom stereocenters. The van der Waals surface area contributed by atoms with E-state index in [1.54, 1.807) is 0 Å². The molecule has 1 N–H and O–H groups in total. The number of carboxylic acids is 1. The normalized spacial score (nSPS) is 13.8. The molecule has 0 aromatic heterocycles. The fourth-order valence-corrected chi connectivity index (χ4v) is 0.697. The fraction of sp³-hybridized carbons (Fsp3) is 0.500. The number of carbonyl (C=O) groups excluding carboxylic acids is 2. The quantitative estimate of drug-likeness (QED) is 0.353. The second-order valence-electron chi connectivity index (χ2n) is 1.91. The van der Waals surface area contributed by atoms with Gasteiger partial charge in [-0.2, -0.15) is 0 Å². The number of carbonyl (C=O) groups is 2. The minimum Gasteiger partial charge on any atom is -0.790 e. The van der Waals surface area contributed by atoms with Crippen LogP contribution in [-0.4, -0.2) is 29.6 Å². The summed E-state index contributed by atoms with van der Waals surface area (Å²) in [6.45, 7) is -1.23. The van der Waals surface area contributed by atoms with Crippen LogP contribution in [0.25, 0.3) is 0 Å². The number of rotatable bonds is 5. The van der Waals surface area contributed by atoms with Gasteiger partial charge in [0.05, 0.1) is 14.4 Å². The summed E-state index contributed by atoms with van der Waals surface area (Å²) in [6, 6.07) is 0. The van der Waals surface area contributed by atoms with E-state index in [1.165, 1.54) is 0 Å². The minimum atomic E-state index is -5.32. The number of phosphoric ester groups is 1. The maximum Gasteiger partial charge on any atom is 0.209 e. The zero-order valence-electron chi connectivity index (χ0n) is 6.04. The molecular weight excluding hydrogens is 207 g/mol. The van der Waals surface area contributed by atoms with Crippen LogP contribution in [0.4, 0.5) is 0 Å². The van der Waals surface area contributed by atoms with Crippen LogP contribution >= 0.6 is 7.82 Å². The molecule has 0 saturated heterocycles. The molecule has 0 aliphatic carbocycles. The van der Waals surface area contributed by atoms with Gasteiger partial charge in [-0.25, -0.2) is 0 Å². The van der Waals surface area contributed by atoms with E-state index in [4.69, 9.17) is 5.11 Å². The lowest BCUT2D eigenvalue weighted by molar-refractivity contribution is -0.342. The topological polar surface area (TPSA) is 150 Å². The number of hydrogen-bond acceptors (Lipinski definition) is 8. The van der Waals surface area contributed by atoms with Gasteiger partial charge < -0.3 is 33.9 Å². The Kier molecular flexibility index (Phi) is 4.18. The van der Waals surface area contributed by atoms with Gasteiger partial charge in [-0.05, 0) is 0 Å². The predicted octanol–water partition coefficient (Wildman–Crippen LogP) is -4.49. The van der Waals surface area contributed by atoms with E-state index in [2.05, 4.69) is 4.52 Å². The second-order valence-corrected chi connectivity index (χ2v) is 3.06. The van der Waals surface area contributed by atoms with Gasteiger partial charge in [0.15, 0.2) is 0 Å². The van der Waals surface area contributed by atoms with Gasteiger partial charge in [0.1, 0.15) is 12.1 Å². The summed E-state index contributed by atoms with van der Waals surface area (Å²) < 4.78 is 13.2. The first kappa shape index (κ1) is 12.2. The van der Waals surface area contributed by atoms with Crippen molar-refractivity contribution >= 4 is 19.6 Å². The van der Waals surface area contributed by atoms with E-state index < -0.39 is 32.3 Å². The molecule has 0 saturated carbocycles. The number of phosphoric acid groups is 1. The Morgan fingerprint density at radius 2 is 1.92 bits per heavy atom. The zero-order chi connectivity index (χ0) is 10.6. The van der Waals surface area contributed by atoms with Crippen LogP contribution in [0, 0.1) is 0 Å². The highest BCUT2D eigenvalue weighted by atomic mass is 31.2. The molecule has 0 spiro atoms. The molecule has 1 atom stereocenters. The van der Waals surface area contributed by atoms with Gasteiger partial charge in [-0.1, -0.05) is 0 Å². The Morgan fingerprint density at radius 3 is 2.23 bits per heavy atom. The summed E-state index contributed by atoms with van der Waals surface area (Å²) in [5, 5.41) is 18.3. The number of aliphatic hydroxyl groups is 1. The highest BCUT2D eigenvalue weighted by Gasteiger charge is 2.16. The molecule has 0 aromatic carbocycles. The molecule has 9 heteroatoms. The molecule has 0 rings (SSSR count). The number of Topliss-reactive ketones (excluding diaryl/α,β-unsaturated/α-hetero) is 1. The van der Waals surface area contributed by atoms with E-state index in [1.807, 2.05) is 0 Å². The molecule has 0 radical (unpaired) electrons. The summed E-state index contributed by atoms with van der Waals surface area (Å²) in [6.07, 6.45) is -2.22. The van der Waals surface area contributed by atoms with E-state index in [0.717, 1.165) is 0 Å². The van der Waals surface area contributed by atoms with Gasteiger partial charge in [-0.15, -0.1) is 0 Å². The van der Waals surface area contributed by atoms with Crippen molar-refractivity contribution in [3.63, 3.8) is 0 Å². The number of ketones is 1. The third-order valence-electron chi connectivity index (χ3n) is 0.894. The first-order valence-corrected chi connectivity index (χ1v) is 4.30. The van der Waals surface area contributed by atoms with E-state index in [-0.39, 0.29) is 0 Å². The molecule has 0 heterocycles. The summed E-state index contributed by atoms with van der Waals surface area (Å²) in [5.41, 5.74) is 0. The van der Waals surface area contributed by atoms with Gasteiger partial charge in [0.2, 0.25) is 5.78 Å². The second kappa shape index (κ2) is 4.45. The van der Waals surface area contributed by atoms with Crippen LogP contribution in [0.15, 0.2) is 0 Å². The lowest BCUT2D eigenvalue weighted by Gasteiger charge is -2.29. The molecule has 0 aliphatic heterocycles. The predicted molar refractivity (Wildman–Crippen MR) is 29.6 cm³/mol. The number of aliphatic carboxylic acids is 1. The smallest absolute Gasteiger partial charge is 0.209 e. The standard InChI is InChI=1S/C4H7O8P/c5-2(3(6)4(7)8)1-12-13(9,10)11/h2,5H,1H2,(H,7,8)(H2,9,10,11)/p-3/t2-/m1/s1. The molecule has 0 amide bonds. The molecular formula is C4H4O8P-3. The highest BCUT2D eigenvalue weighted by molar-refractivity contribution is 7.43. The van der Waals surface area contributed by atoms with Gasteiger partial charge in [0, 0.05) is 0 Å². The average molecular weight is 211 g/mol. The van der Waals surface area contributed by atoms with Crippen LogP contribution < -0.4 is 14.9 Å². The number of hydrogen-bond donors (Lipinski definition) is 1. The van der Waals surface area contributed by atoms with E-state index in [0.29, 0.717) is 0 Å². The van der Waals surface area contributed by atoms with Crippen molar-refractivity contribution in [2.45, 2.75) is 6.10 Å². The minimum absolute atomic E-state index is 1.23. The van der Waals surface area contributed by atoms with Crippen LogP contribution in [0.2, 0.25) is 0 Å². The van der Waals surface area contributed by atoms with Crippen LogP contribution in [0.3, 0.4) is 0 Å². The summed E-state index contributed by atoms with van der Waals surface area (Å²) >= 11 is 0. The molecule has 0 aliphatic rings. The summed E-state index contributed by atoms with van der Waals surface area (Å²) in [5.74, 6) is -3.95. The Balaban J connectivity index is 4.03. The maximum absolute atomic E-state index is 10.3. The number of carboxylic acid groups (broad SMARTS) is 1. The SMILES string of the molecule is O=C([O-])C(=O)[C@H](O)COP(=O)([O-])[O-]. The summed E-state index contributed by atoms with van der Waals surface area (Å²) in [7, 11) is -5.32. The van der Waals surface area contributed by atoms with Gasteiger partial charge >= 0.3 is 0 Å². The van der Waals surface area contributed by atoms with Crippen molar-refractivity contribution in [1.82, 2.24) is 0 Å². The molecule has 8 nitrogen and oxygen atoms in total. The molecule has 0 bridgehead atoms. The lowest BCUT2D eigenvalue weighted by atomic mass is 10.2. The Labute approximate surface area is 72.0 Å². The molecule has 76 valence electrons. The third-order valence-corrected chi connectivity index (χ3v) is 1.36. The summed E-state index contributed by atoms with van der Waals surface area (Å²) in [4.78, 5) is 39.6. The first-order chi connectivity index (χ1) is 5.74. The van der Waals surface area contributed by atoms with Crippen molar-refractivity contribution in [3.8, 4) is 0 Å². The average Bonchev–Trinajstić information content (AvgIpc) is 1.97. The van der Waals surface area contributed by atoms with E-state index >= 15 is 0 Å². The van der Waals surface area contributed by atoms with Gasteiger partial charge in [0.25, 0.3) is 0 Å². The fourth-order valence-electron chi connectivity index (χ4n) is 0.374. The van der Waals surface area contributed by atoms with Crippen molar-refractivity contribution in [2.75, 3.05) is 6.61 Å². The van der Waals surface area contributed by atoms with Crippen molar-refractivity contribution in [2.24, 2.45) is 0 Å². The Bertz CT molecular complexity index is 253. The molecule has 13 heavy (non-hydrogen) atoms. The number of aliphatic hydroxyl groups excluding tert-OH is 1. The Morgan fingerprint density at radius 1 is 1.46 bits per heavy atom. The molecule has 0 fully saturated rings. The molecule has 0 aromatic rings. The van der Waals surface area contributed by atoms with Crippen molar-refractivity contribution in [1.29, 1.82) is 0 Å². The maximum atomic E-state index is 10.3. The van der Waals surface area contributed by atoms with Gasteiger partial charge in [-0.3, -0.25) is 4.79 Å². The largest absolute Gasteiger partial charge is 0.790 e. The monoisotopic (exact) mass is 211 g/mol. The zero-order valence-corrected chi connectivity index (χ0v) is 6.93. The third kappa shape index (κ3) is 5.45. The van der Waals surface area contributed by atoms with Crippen LogP contribution in [-0.2, 0) is 18.7 Å². The van der Waals surface area contributed by atoms with Crippen LogP contribution in [0.1, 0.15) is 0 Å². The highest BCUT2D eigenvalue weighted by Crippen LogP contribution is 2.24. The lowest BCUT2D eigenvalue weighted by Crippen LogP contribution is -2.41. The van der Waals surface area contributed by atoms with Crippen LogP contribution in [0.5, 0.6) is 0 Å². The Hall–Kier alpha value is -0.790. The van der Waals surface area contributed by atoms with E-state index in [9.17, 15) is 29.0 Å². The van der Waals surface area contributed by atoms with Crippen molar-refractivity contribution < 1.29 is 38.7 Å². The first-order valence-electron chi connectivity index (χ1n) is 2.84.